The van der Waals surface area contributed by atoms with Crippen LogP contribution < -0.4 is 0 Å². The van der Waals surface area contributed by atoms with Gasteiger partial charge < -0.3 is 0 Å². The summed E-state index contributed by atoms with van der Waals surface area (Å²) < 4.78 is 0. The molecule has 6 saturated carbocycles. The van der Waals surface area contributed by atoms with Crippen molar-refractivity contribution < 1.29 is 0 Å². The van der Waals surface area contributed by atoms with Crippen molar-refractivity contribution in [1.29, 1.82) is 5.26 Å². The zero-order chi connectivity index (χ0) is 26.9. The molecule has 0 bridgehead atoms. The van der Waals surface area contributed by atoms with Crippen LogP contribution in [-0.2, 0) is 0 Å². The molecule has 0 radical (unpaired) electrons. The molecule has 1 heterocycles. The lowest BCUT2D eigenvalue weighted by molar-refractivity contribution is -0.00862. The van der Waals surface area contributed by atoms with E-state index in [1.54, 1.807) is 0 Å². The zero-order valence-electron chi connectivity index (χ0n) is 25.9. The third-order valence-corrected chi connectivity index (χ3v) is 14.1. The molecule has 3 heteroatoms. The summed E-state index contributed by atoms with van der Waals surface area (Å²) in [5, 5.41) is 9.84. The molecule has 0 amide bonds. The number of nitriles is 1. The summed E-state index contributed by atoms with van der Waals surface area (Å²) in [6, 6.07) is 8.10. The fourth-order valence-electron chi connectivity index (χ4n) is 12.4. The molecule has 7 rings (SSSR count). The van der Waals surface area contributed by atoms with Gasteiger partial charge in [0.2, 0.25) is 0 Å². The molecule has 7 fully saturated rings. The first-order valence-electron chi connectivity index (χ1n) is 18.8. The van der Waals surface area contributed by atoms with E-state index in [1.165, 1.54) is 161 Å². The van der Waals surface area contributed by atoms with Gasteiger partial charge in [-0.15, -0.1) is 0 Å². The van der Waals surface area contributed by atoms with Crippen molar-refractivity contribution in [3.05, 3.63) is 0 Å². The zero-order valence-corrected chi connectivity index (χ0v) is 25.9. The molecule has 7 unspecified atom stereocenters. The summed E-state index contributed by atoms with van der Waals surface area (Å²) in [5.41, 5.74) is 0. The molecule has 7 aliphatic rings. The molecule has 40 heavy (non-hydrogen) atoms. The summed E-state index contributed by atoms with van der Waals surface area (Å²) in [6.07, 6.45) is 36.4. The van der Waals surface area contributed by atoms with E-state index in [9.17, 15) is 5.26 Å². The molecule has 0 N–H and O–H groups in total. The lowest BCUT2D eigenvalue weighted by atomic mass is 9.67. The van der Waals surface area contributed by atoms with Crippen LogP contribution in [0.3, 0.4) is 0 Å². The van der Waals surface area contributed by atoms with Gasteiger partial charge in [0.1, 0.15) is 0 Å². The summed E-state index contributed by atoms with van der Waals surface area (Å²) in [7, 11) is 0. The van der Waals surface area contributed by atoms with Gasteiger partial charge in [0.05, 0.1) is 6.07 Å². The maximum atomic E-state index is 9.84. The van der Waals surface area contributed by atoms with Gasteiger partial charge in [-0.2, -0.15) is 5.26 Å². The fraction of sp³-hybridized carbons (Fsp3) is 0.973. The minimum absolute atomic E-state index is 0.362. The van der Waals surface area contributed by atoms with Crippen LogP contribution in [-0.4, -0.2) is 46.1 Å². The standard InChI is InChI=1S/C37H61N3/c38-26-28-11-7-8-16-33(28)27-19-21-31(22-20-27)40-36-18-10-9-17-34(36)35-25-32(23-24-37(35)40)39(29-12-3-1-4-13-29)30-14-5-2-6-15-30/h27-37H,1-25H2. The van der Waals surface area contributed by atoms with E-state index < -0.39 is 0 Å². The largest absolute Gasteiger partial charge is 0.294 e. The molecule has 224 valence electrons. The Balaban J connectivity index is 1.05. The van der Waals surface area contributed by atoms with Gasteiger partial charge in [0.15, 0.2) is 0 Å². The van der Waals surface area contributed by atoms with Crippen LogP contribution in [0.15, 0.2) is 0 Å². The van der Waals surface area contributed by atoms with Crippen molar-refractivity contribution >= 4 is 0 Å². The molecule has 0 spiro atoms. The fourth-order valence-corrected chi connectivity index (χ4v) is 12.4. The summed E-state index contributed by atoms with van der Waals surface area (Å²) >= 11 is 0. The predicted octanol–water partition coefficient (Wildman–Crippen LogP) is 9.25. The van der Waals surface area contributed by atoms with Crippen LogP contribution in [0.4, 0.5) is 0 Å². The van der Waals surface area contributed by atoms with E-state index in [-0.39, 0.29) is 0 Å². The van der Waals surface area contributed by atoms with Gasteiger partial charge in [0.25, 0.3) is 0 Å². The average Bonchev–Trinajstić information content (AvgIpc) is 3.36. The van der Waals surface area contributed by atoms with Gasteiger partial charge in [-0.3, -0.25) is 9.80 Å². The van der Waals surface area contributed by atoms with Gasteiger partial charge in [-0.25, -0.2) is 0 Å². The Hall–Kier alpha value is -0.590. The maximum absolute atomic E-state index is 9.84. The average molecular weight is 548 g/mol. The number of likely N-dealkylation sites (tertiary alicyclic amines) is 1. The molecule has 1 aliphatic heterocycles. The SMILES string of the molecule is N#CC1CCCCC1C1CCC(N2C3CCCCC3C3CC(N(C4CCCCC4)C4CCCCC4)CCC32)CC1. The van der Waals surface area contributed by atoms with Crippen molar-refractivity contribution in [3.8, 4) is 6.07 Å². The number of hydrogen-bond donors (Lipinski definition) is 0. The monoisotopic (exact) mass is 547 g/mol. The van der Waals surface area contributed by atoms with Crippen molar-refractivity contribution in [2.75, 3.05) is 0 Å². The molecular weight excluding hydrogens is 486 g/mol. The third kappa shape index (κ3) is 5.56. The van der Waals surface area contributed by atoms with Crippen LogP contribution in [0.1, 0.15) is 161 Å². The quantitative estimate of drug-likeness (QED) is 0.343. The highest BCUT2D eigenvalue weighted by Crippen LogP contribution is 2.53. The van der Waals surface area contributed by atoms with Crippen LogP contribution in [0.25, 0.3) is 0 Å². The van der Waals surface area contributed by atoms with E-state index in [0.717, 1.165) is 59.9 Å². The number of fused-ring (bicyclic) bond motifs is 3. The minimum atomic E-state index is 0.362. The lowest BCUT2D eigenvalue weighted by Crippen LogP contribution is -2.55. The summed E-state index contributed by atoms with van der Waals surface area (Å²) in [5.74, 6) is 3.91. The van der Waals surface area contributed by atoms with E-state index in [4.69, 9.17) is 0 Å². The first-order chi connectivity index (χ1) is 19.8. The van der Waals surface area contributed by atoms with Crippen molar-refractivity contribution in [2.45, 2.75) is 197 Å². The normalized spacial score (nSPS) is 44.1. The molecule has 3 nitrogen and oxygen atoms in total. The third-order valence-electron chi connectivity index (χ3n) is 14.1. The topological polar surface area (TPSA) is 30.3 Å². The number of nitrogens with zero attached hydrogens (tertiary/aromatic N) is 3. The molecule has 7 atom stereocenters. The van der Waals surface area contributed by atoms with E-state index in [0.29, 0.717) is 5.92 Å². The van der Waals surface area contributed by atoms with Gasteiger partial charge >= 0.3 is 0 Å². The Bertz CT molecular complexity index is 826. The van der Waals surface area contributed by atoms with Crippen molar-refractivity contribution in [3.63, 3.8) is 0 Å². The molecule has 0 aromatic carbocycles. The maximum Gasteiger partial charge on any atom is 0.0658 e. The number of rotatable bonds is 5. The van der Waals surface area contributed by atoms with E-state index in [2.05, 4.69) is 15.9 Å². The van der Waals surface area contributed by atoms with Gasteiger partial charge in [-0.1, -0.05) is 64.2 Å². The van der Waals surface area contributed by atoms with Gasteiger partial charge in [0, 0.05) is 42.2 Å². The molecule has 0 aromatic rings. The summed E-state index contributed by atoms with van der Waals surface area (Å²) in [6.45, 7) is 0. The second kappa shape index (κ2) is 13.0. The Labute approximate surface area is 247 Å². The van der Waals surface area contributed by atoms with Crippen LogP contribution >= 0.6 is 0 Å². The van der Waals surface area contributed by atoms with Crippen LogP contribution in [0.5, 0.6) is 0 Å². The molecule has 1 saturated heterocycles. The Morgan fingerprint density at radius 3 is 1.73 bits per heavy atom. The van der Waals surface area contributed by atoms with Gasteiger partial charge in [-0.05, 0) is 120 Å². The van der Waals surface area contributed by atoms with Crippen LogP contribution in [0.2, 0.25) is 0 Å². The Morgan fingerprint density at radius 1 is 0.475 bits per heavy atom. The Morgan fingerprint density at radius 2 is 1.05 bits per heavy atom. The first-order valence-corrected chi connectivity index (χ1v) is 18.8. The highest BCUT2D eigenvalue weighted by Gasteiger charge is 2.54. The van der Waals surface area contributed by atoms with Crippen molar-refractivity contribution in [1.82, 2.24) is 9.80 Å². The van der Waals surface area contributed by atoms with Crippen LogP contribution in [0, 0.1) is 40.9 Å². The smallest absolute Gasteiger partial charge is 0.0658 e. The molecular formula is C37H61N3. The number of hydrogen-bond acceptors (Lipinski definition) is 3. The van der Waals surface area contributed by atoms with Crippen molar-refractivity contribution in [2.24, 2.45) is 29.6 Å². The lowest BCUT2D eigenvalue weighted by Gasteiger charge is -2.50. The van der Waals surface area contributed by atoms with E-state index >= 15 is 0 Å². The Kier molecular flexibility index (Phi) is 9.13. The summed E-state index contributed by atoms with van der Waals surface area (Å²) in [4.78, 5) is 6.46. The predicted molar refractivity (Wildman–Crippen MR) is 165 cm³/mol. The minimum Gasteiger partial charge on any atom is -0.294 e. The highest BCUT2D eigenvalue weighted by atomic mass is 15.3. The molecule has 0 aromatic heterocycles. The second-order valence-electron chi connectivity index (χ2n) is 15.9. The first kappa shape index (κ1) is 28.2. The highest BCUT2D eigenvalue weighted by molar-refractivity contribution is 5.08. The van der Waals surface area contributed by atoms with E-state index in [1.807, 2.05) is 0 Å². The molecule has 6 aliphatic carbocycles. The second-order valence-corrected chi connectivity index (χ2v) is 15.9.